The summed E-state index contributed by atoms with van der Waals surface area (Å²) in [5.41, 5.74) is 0.883. The molecule has 0 saturated heterocycles. The van der Waals surface area contributed by atoms with Crippen LogP contribution in [0.5, 0.6) is 0 Å². The van der Waals surface area contributed by atoms with Gasteiger partial charge in [0.25, 0.3) is 0 Å². The average molecular weight is 325 g/mol. The number of hydrogen-bond acceptors (Lipinski definition) is 1. The van der Waals surface area contributed by atoms with Gasteiger partial charge in [0.05, 0.1) is 32.8 Å². The van der Waals surface area contributed by atoms with Crippen molar-refractivity contribution in [2.24, 2.45) is 16.7 Å². The molecule has 136 valence electrons. The fraction of sp³-hybridized carbons (Fsp3) is 1.00. The summed E-state index contributed by atoms with van der Waals surface area (Å²) in [6.45, 7) is 16.8. The number of hydrogen-bond donors (Lipinski definition) is 0. The number of unbranched alkanes of at least 4 members (excludes halogenated alkanes) is 2. The molecular weight excluding hydrogens is 282 g/mol. The molecule has 2 rings (SSSR count). The minimum absolute atomic E-state index is 0.411. The van der Waals surface area contributed by atoms with Crippen LogP contribution in [0, 0.1) is 16.7 Å². The first-order valence-corrected chi connectivity index (χ1v) is 10.2. The van der Waals surface area contributed by atoms with Gasteiger partial charge in [0, 0.05) is 0 Å². The van der Waals surface area contributed by atoms with E-state index in [-0.39, 0.29) is 0 Å². The molecule has 0 aromatic carbocycles. The molecule has 3 atom stereocenters. The molecule has 0 radical (unpaired) electrons. The first-order chi connectivity index (χ1) is 10.8. The van der Waals surface area contributed by atoms with E-state index in [0.29, 0.717) is 16.9 Å². The third kappa shape index (κ3) is 3.79. The third-order valence-corrected chi connectivity index (χ3v) is 7.77. The molecule has 0 heterocycles. The van der Waals surface area contributed by atoms with Crippen LogP contribution in [0.2, 0.25) is 0 Å². The summed E-state index contributed by atoms with van der Waals surface area (Å²) in [5.74, 6) is 0.888. The van der Waals surface area contributed by atoms with E-state index < -0.39 is 0 Å². The molecule has 0 N–H and O–H groups in total. The van der Waals surface area contributed by atoms with Gasteiger partial charge >= 0.3 is 0 Å². The highest BCUT2D eigenvalue weighted by Crippen LogP contribution is 2.66. The molecule has 0 spiro atoms. The van der Waals surface area contributed by atoms with Crippen molar-refractivity contribution in [3.8, 4) is 0 Å². The van der Waals surface area contributed by atoms with Gasteiger partial charge in [-0.1, -0.05) is 47.5 Å². The van der Waals surface area contributed by atoms with Gasteiger partial charge < -0.3 is 9.22 Å². The Balaban J connectivity index is 1.85. The molecule has 23 heavy (non-hydrogen) atoms. The van der Waals surface area contributed by atoms with E-state index in [1.54, 1.807) is 0 Å². The predicted octanol–water partition coefficient (Wildman–Crippen LogP) is 5.26. The second-order valence-corrected chi connectivity index (χ2v) is 9.47. The van der Waals surface area contributed by atoms with E-state index in [4.69, 9.17) is 4.74 Å². The lowest BCUT2D eigenvalue weighted by molar-refractivity contribution is -0.910. The Morgan fingerprint density at radius 3 is 2.04 bits per heavy atom. The summed E-state index contributed by atoms with van der Waals surface area (Å²) < 4.78 is 7.72. The monoisotopic (exact) mass is 324 g/mol. The third-order valence-electron chi connectivity index (χ3n) is 7.77. The van der Waals surface area contributed by atoms with Crippen molar-refractivity contribution in [1.82, 2.24) is 0 Å². The lowest BCUT2D eigenvalue weighted by Crippen LogP contribution is -2.48. The quantitative estimate of drug-likeness (QED) is 0.498. The van der Waals surface area contributed by atoms with E-state index in [0.717, 1.165) is 12.5 Å². The van der Waals surface area contributed by atoms with Gasteiger partial charge in [0.1, 0.15) is 6.54 Å². The molecule has 2 heteroatoms. The highest BCUT2D eigenvalue weighted by molar-refractivity contribution is 5.11. The zero-order chi connectivity index (χ0) is 17.1. The van der Waals surface area contributed by atoms with Gasteiger partial charge in [-0.3, -0.25) is 0 Å². The van der Waals surface area contributed by atoms with Crippen LogP contribution in [0.1, 0.15) is 79.6 Å². The molecule has 0 aromatic heterocycles. The summed E-state index contributed by atoms with van der Waals surface area (Å²) in [5, 5.41) is 0. The number of nitrogens with zero attached hydrogens (tertiary/aromatic N) is 1. The second kappa shape index (κ2) is 7.44. The molecule has 2 aliphatic carbocycles. The molecule has 2 aliphatic rings. The lowest BCUT2D eigenvalue weighted by atomic mass is 9.70. The standard InChI is InChI=1S/C21H42NO/c1-7-9-13-22(6,14-10-8-2)15-16-23-19-17-18-11-12-21(19,5)20(18,3)4/h18-19H,7-17H2,1-6H3/q+1/t18-,19-,21+/m0/s1. The summed E-state index contributed by atoms with van der Waals surface area (Å²) in [6, 6.07) is 0. The van der Waals surface area contributed by atoms with Crippen molar-refractivity contribution in [3.63, 3.8) is 0 Å². The van der Waals surface area contributed by atoms with Crippen molar-refractivity contribution >= 4 is 0 Å². The normalized spacial score (nSPS) is 32.6. The van der Waals surface area contributed by atoms with E-state index in [1.807, 2.05) is 0 Å². The minimum atomic E-state index is 0.411. The number of quaternary nitrogens is 1. The zero-order valence-corrected chi connectivity index (χ0v) is 16.8. The van der Waals surface area contributed by atoms with Gasteiger partial charge in [-0.05, 0) is 48.9 Å². The molecule has 2 saturated carbocycles. The second-order valence-electron chi connectivity index (χ2n) is 9.47. The maximum Gasteiger partial charge on any atom is 0.102 e. The predicted molar refractivity (Wildman–Crippen MR) is 99.6 cm³/mol. The smallest absolute Gasteiger partial charge is 0.102 e. The molecule has 2 bridgehead atoms. The zero-order valence-electron chi connectivity index (χ0n) is 16.8. The van der Waals surface area contributed by atoms with Gasteiger partial charge in [0.15, 0.2) is 0 Å². The number of likely N-dealkylation sites (N-methyl/N-ethyl adjacent to an activating group) is 1. The minimum Gasteiger partial charge on any atom is -0.372 e. The van der Waals surface area contributed by atoms with Gasteiger partial charge in [-0.15, -0.1) is 0 Å². The molecule has 0 aromatic rings. The molecule has 2 nitrogen and oxygen atoms in total. The van der Waals surface area contributed by atoms with Crippen molar-refractivity contribution in [3.05, 3.63) is 0 Å². The average Bonchev–Trinajstić information content (AvgIpc) is 2.84. The molecule has 0 aliphatic heterocycles. The Kier molecular flexibility index (Phi) is 6.22. The van der Waals surface area contributed by atoms with Crippen LogP contribution < -0.4 is 0 Å². The maximum absolute atomic E-state index is 6.52. The lowest BCUT2D eigenvalue weighted by Gasteiger charge is -2.40. The summed E-state index contributed by atoms with van der Waals surface area (Å²) >= 11 is 0. The van der Waals surface area contributed by atoms with Crippen LogP contribution in [-0.2, 0) is 4.74 Å². The van der Waals surface area contributed by atoms with E-state index in [2.05, 4.69) is 41.7 Å². The molecule has 2 fully saturated rings. The van der Waals surface area contributed by atoms with Gasteiger partial charge in [0.2, 0.25) is 0 Å². The summed E-state index contributed by atoms with van der Waals surface area (Å²) in [6.07, 6.45) is 9.89. The van der Waals surface area contributed by atoms with Crippen LogP contribution >= 0.6 is 0 Å². The van der Waals surface area contributed by atoms with Crippen molar-refractivity contribution in [2.75, 3.05) is 33.3 Å². The summed E-state index contributed by atoms with van der Waals surface area (Å²) in [7, 11) is 2.45. The first-order valence-electron chi connectivity index (χ1n) is 10.2. The van der Waals surface area contributed by atoms with E-state index in [9.17, 15) is 0 Å². The van der Waals surface area contributed by atoms with Crippen molar-refractivity contribution < 1.29 is 9.22 Å². The van der Waals surface area contributed by atoms with Crippen molar-refractivity contribution in [1.29, 1.82) is 0 Å². The number of fused-ring (bicyclic) bond motifs is 2. The Hall–Kier alpha value is -0.0800. The topological polar surface area (TPSA) is 9.23 Å². The van der Waals surface area contributed by atoms with Crippen LogP contribution in [-0.4, -0.2) is 43.9 Å². The van der Waals surface area contributed by atoms with Crippen molar-refractivity contribution in [2.45, 2.75) is 85.7 Å². The first kappa shape index (κ1) is 19.2. The molecular formula is C21H42NO+. The Morgan fingerprint density at radius 1 is 1.00 bits per heavy atom. The summed E-state index contributed by atoms with van der Waals surface area (Å²) in [4.78, 5) is 0. The van der Waals surface area contributed by atoms with Crippen LogP contribution in [0.25, 0.3) is 0 Å². The van der Waals surface area contributed by atoms with Crippen LogP contribution in [0.15, 0.2) is 0 Å². The van der Waals surface area contributed by atoms with E-state index in [1.165, 1.54) is 69.1 Å². The highest BCUT2D eigenvalue weighted by atomic mass is 16.5. The highest BCUT2D eigenvalue weighted by Gasteiger charge is 2.61. The maximum atomic E-state index is 6.52. The Morgan fingerprint density at radius 2 is 1.61 bits per heavy atom. The number of ether oxygens (including phenoxy) is 1. The van der Waals surface area contributed by atoms with Crippen LogP contribution in [0.3, 0.4) is 0 Å². The number of rotatable bonds is 10. The Bertz CT molecular complexity index is 370. The fourth-order valence-electron chi connectivity index (χ4n) is 5.21. The largest absolute Gasteiger partial charge is 0.372 e. The fourth-order valence-corrected chi connectivity index (χ4v) is 5.21. The van der Waals surface area contributed by atoms with Gasteiger partial charge in [-0.25, -0.2) is 0 Å². The molecule has 0 amide bonds. The Labute approximate surface area is 145 Å². The van der Waals surface area contributed by atoms with E-state index >= 15 is 0 Å². The van der Waals surface area contributed by atoms with Gasteiger partial charge in [-0.2, -0.15) is 0 Å². The SMILES string of the molecule is CCCC[N+](C)(CCCC)CCO[C@H]1C[C@@H]2CC[C@@]1(C)C2(C)C. The molecule has 0 unspecified atom stereocenters. The van der Waals surface area contributed by atoms with Crippen LogP contribution in [0.4, 0.5) is 0 Å².